The Hall–Kier alpha value is -1.77. The number of aliphatic hydroxyl groups excluding tert-OH is 1. The average molecular weight is 558 g/mol. The number of rotatable bonds is 11. The lowest BCUT2D eigenvalue weighted by Gasteiger charge is -2.20. The molecule has 0 radical (unpaired) electrons. The topological polar surface area (TPSA) is 233 Å². The molecule has 1 aromatic carbocycles. The molecule has 2 aromatic rings. The normalized spacial score (nSPS) is 25.4. The first-order valence-electron chi connectivity index (χ1n) is 9.64. The van der Waals surface area contributed by atoms with Crippen LogP contribution in [-0.4, -0.2) is 48.2 Å². The van der Waals surface area contributed by atoms with Crippen molar-refractivity contribution in [2.75, 3.05) is 6.61 Å². The van der Waals surface area contributed by atoms with Crippen molar-refractivity contribution in [1.29, 1.82) is 0 Å². The van der Waals surface area contributed by atoms with E-state index in [4.69, 9.17) is 4.74 Å². The van der Waals surface area contributed by atoms with E-state index in [1.165, 1.54) is 12.1 Å². The highest BCUT2D eigenvalue weighted by Gasteiger charge is 2.43. The van der Waals surface area contributed by atoms with E-state index < -0.39 is 66.4 Å². The van der Waals surface area contributed by atoms with Gasteiger partial charge in [0.25, 0.3) is 5.56 Å². The number of ether oxygens (including phenoxy) is 1. The zero-order valence-electron chi connectivity index (χ0n) is 17.6. The average Bonchev–Trinajstić information content (AvgIpc) is 3.10. The van der Waals surface area contributed by atoms with E-state index in [2.05, 4.69) is 17.7 Å². The van der Waals surface area contributed by atoms with Gasteiger partial charge in [0.2, 0.25) is 0 Å². The molecule has 1 aliphatic heterocycles. The Kier molecular flexibility index (Phi) is 8.82. The Morgan fingerprint density at radius 3 is 2.23 bits per heavy atom. The number of hydrogen-bond donors (Lipinski definition) is 5. The molecule has 1 saturated heterocycles. The fourth-order valence-corrected chi connectivity index (χ4v) is 6.41. The standard InChI is InChI=1S/C16H21N2O14P3/c19-12-8-15(18-7-6-14(20)17-16(18)21)30-13(12)10-29-34(24,25)32-35(26,27)31-33(22,23)28-9-11-4-2-1-3-5-11/h1-7,12-13,15,19H,8-10H2,(H,22,23)(H,24,25)(H,26,27)(H,17,20,21)/t12-,13-,15-/m1/s1. The zero-order valence-corrected chi connectivity index (χ0v) is 20.2. The summed E-state index contributed by atoms with van der Waals surface area (Å²) in [6, 6.07) is 8.98. The van der Waals surface area contributed by atoms with Gasteiger partial charge in [-0.1, -0.05) is 30.3 Å². The van der Waals surface area contributed by atoms with Gasteiger partial charge in [-0.15, -0.1) is 0 Å². The van der Waals surface area contributed by atoms with E-state index >= 15 is 0 Å². The summed E-state index contributed by atoms with van der Waals surface area (Å²) in [5, 5.41) is 10.1. The Labute approximate surface area is 196 Å². The molecule has 1 aromatic heterocycles. The maximum Gasteiger partial charge on any atom is 0.490 e. The Bertz CT molecular complexity index is 1280. The van der Waals surface area contributed by atoms with Crippen molar-refractivity contribution >= 4 is 23.5 Å². The molecule has 194 valence electrons. The van der Waals surface area contributed by atoms with Crippen LogP contribution in [0.15, 0.2) is 52.2 Å². The third-order valence-corrected chi connectivity index (χ3v) is 8.65. The summed E-state index contributed by atoms with van der Waals surface area (Å²) in [4.78, 5) is 53.9. The highest BCUT2D eigenvalue weighted by Crippen LogP contribution is 2.67. The summed E-state index contributed by atoms with van der Waals surface area (Å²) < 4.78 is 59.3. The number of phosphoric acid groups is 3. The fourth-order valence-electron chi connectivity index (χ4n) is 2.91. The van der Waals surface area contributed by atoms with Gasteiger partial charge in [0, 0.05) is 18.7 Å². The maximum atomic E-state index is 12.1. The lowest BCUT2D eigenvalue weighted by Crippen LogP contribution is -2.31. The summed E-state index contributed by atoms with van der Waals surface area (Å²) in [5.74, 6) is 0. The van der Waals surface area contributed by atoms with Gasteiger partial charge in [-0.05, 0) is 5.56 Å². The van der Waals surface area contributed by atoms with Crippen molar-refractivity contribution in [2.45, 2.75) is 31.5 Å². The minimum Gasteiger partial charge on any atom is -0.390 e. The minimum atomic E-state index is -5.66. The number of hydrogen-bond acceptors (Lipinski definition) is 11. The Balaban J connectivity index is 1.54. The number of aliphatic hydroxyl groups is 1. The summed E-state index contributed by atoms with van der Waals surface area (Å²) >= 11 is 0. The lowest BCUT2D eigenvalue weighted by atomic mass is 10.2. The number of nitrogens with zero attached hydrogens (tertiary/aromatic N) is 1. The largest absolute Gasteiger partial charge is 0.490 e. The van der Waals surface area contributed by atoms with Crippen LogP contribution in [0, 0.1) is 0 Å². The predicted molar refractivity (Wildman–Crippen MR) is 115 cm³/mol. The van der Waals surface area contributed by atoms with Gasteiger partial charge in [-0.3, -0.25) is 23.4 Å². The van der Waals surface area contributed by atoms with E-state index in [1.54, 1.807) is 18.2 Å². The van der Waals surface area contributed by atoms with Crippen molar-refractivity contribution in [3.8, 4) is 0 Å². The van der Waals surface area contributed by atoms with Crippen LogP contribution >= 0.6 is 23.5 Å². The number of phosphoric ester groups is 2. The summed E-state index contributed by atoms with van der Waals surface area (Å²) in [6.45, 7) is -1.34. The van der Waals surface area contributed by atoms with Crippen LogP contribution in [0.1, 0.15) is 18.2 Å². The molecule has 0 saturated carbocycles. The monoisotopic (exact) mass is 558 g/mol. The molecule has 3 rings (SSSR count). The molecular weight excluding hydrogens is 537 g/mol. The van der Waals surface area contributed by atoms with Crippen LogP contribution < -0.4 is 11.2 Å². The van der Waals surface area contributed by atoms with Gasteiger partial charge in [0.15, 0.2) is 0 Å². The van der Waals surface area contributed by atoms with Gasteiger partial charge >= 0.3 is 29.2 Å². The second-order valence-electron chi connectivity index (χ2n) is 7.07. The Morgan fingerprint density at radius 2 is 1.60 bits per heavy atom. The molecule has 5 N–H and O–H groups in total. The summed E-state index contributed by atoms with van der Waals surface area (Å²) in [5.41, 5.74) is -1.06. The molecule has 2 heterocycles. The SMILES string of the molecule is O=c1ccn([C@H]2C[C@@H](O)[C@@H](COP(=O)(O)OP(=O)(O)OP(=O)(O)OCc3ccccc3)O2)c(=O)[nH]1. The highest BCUT2D eigenvalue weighted by atomic mass is 31.3. The van der Waals surface area contributed by atoms with Crippen molar-refractivity contribution in [1.82, 2.24) is 9.55 Å². The van der Waals surface area contributed by atoms with Gasteiger partial charge < -0.3 is 24.5 Å². The van der Waals surface area contributed by atoms with E-state index in [0.717, 1.165) is 16.8 Å². The second-order valence-corrected chi connectivity index (χ2v) is 11.7. The van der Waals surface area contributed by atoms with E-state index in [9.17, 15) is 43.1 Å². The molecule has 1 fully saturated rings. The lowest BCUT2D eigenvalue weighted by molar-refractivity contribution is -0.0450. The van der Waals surface area contributed by atoms with Crippen molar-refractivity contribution < 1.29 is 55.9 Å². The quantitative estimate of drug-likeness (QED) is 0.240. The number of H-pyrrole nitrogens is 1. The molecule has 0 aliphatic carbocycles. The van der Waals surface area contributed by atoms with Crippen LogP contribution in [-0.2, 0) is 42.7 Å². The number of aromatic amines is 1. The van der Waals surface area contributed by atoms with Crippen LogP contribution in [0.25, 0.3) is 0 Å². The van der Waals surface area contributed by atoms with Crippen molar-refractivity contribution in [3.05, 3.63) is 69.0 Å². The van der Waals surface area contributed by atoms with E-state index in [-0.39, 0.29) is 6.42 Å². The first-order chi connectivity index (χ1) is 16.3. The van der Waals surface area contributed by atoms with Gasteiger partial charge in [-0.25, -0.2) is 18.5 Å². The fraction of sp³-hybridized carbons (Fsp3) is 0.375. The van der Waals surface area contributed by atoms with E-state index in [1.807, 2.05) is 4.98 Å². The molecule has 0 amide bonds. The minimum absolute atomic E-state index is 0.162. The first kappa shape index (κ1) is 27.8. The Morgan fingerprint density at radius 1 is 0.971 bits per heavy atom. The van der Waals surface area contributed by atoms with Gasteiger partial charge in [0.1, 0.15) is 12.3 Å². The third kappa shape index (κ3) is 8.40. The predicted octanol–water partition coefficient (Wildman–Crippen LogP) is 0.753. The molecule has 6 atom stereocenters. The first-order valence-corrected chi connectivity index (χ1v) is 14.1. The number of nitrogens with one attached hydrogen (secondary N) is 1. The number of aromatic nitrogens is 2. The van der Waals surface area contributed by atoms with Crippen molar-refractivity contribution in [3.63, 3.8) is 0 Å². The van der Waals surface area contributed by atoms with Gasteiger partial charge in [-0.2, -0.15) is 8.62 Å². The summed E-state index contributed by atoms with van der Waals surface area (Å²) in [6.07, 6.45) is -2.70. The summed E-state index contributed by atoms with van der Waals surface area (Å²) in [7, 11) is -16.3. The molecule has 0 bridgehead atoms. The number of benzene rings is 1. The molecule has 19 heteroatoms. The molecular formula is C16H21N2O14P3. The molecule has 35 heavy (non-hydrogen) atoms. The molecule has 0 spiro atoms. The molecule has 16 nitrogen and oxygen atoms in total. The molecule has 1 aliphatic rings. The zero-order chi connectivity index (χ0) is 25.9. The second kappa shape index (κ2) is 11.1. The van der Waals surface area contributed by atoms with Crippen molar-refractivity contribution in [2.24, 2.45) is 0 Å². The van der Waals surface area contributed by atoms with E-state index in [0.29, 0.717) is 5.56 Å². The van der Waals surface area contributed by atoms with Crippen LogP contribution in [0.4, 0.5) is 0 Å². The van der Waals surface area contributed by atoms with Gasteiger partial charge in [0.05, 0.1) is 19.3 Å². The molecule has 3 unspecified atom stereocenters. The van der Waals surface area contributed by atoms with Crippen LogP contribution in [0.3, 0.4) is 0 Å². The highest BCUT2D eigenvalue weighted by molar-refractivity contribution is 7.66. The third-order valence-electron chi connectivity index (χ3n) is 4.42. The smallest absolute Gasteiger partial charge is 0.390 e. The van der Waals surface area contributed by atoms with Crippen LogP contribution in [0.5, 0.6) is 0 Å². The van der Waals surface area contributed by atoms with Crippen LogP contribution in [0.2, 0.25) is 0 Å². The maximum absolute atomic E-state index is 12.1.